The van der Waals surface area contributed by atoms with Gasteiger partial charge in [0.2, 0.25) is 0 Å². The molecule has 0 aromatic heterocycles. The Hall–Kier alpha value is -2.93. The number of benzene rings is 2. The molecule has 130 valence electrons. The molecule has 0 atom stereocenters. The standard InChI is InChI=1S/C18H20N4O3/c23-18(21-15-8-10-19-11-9-15)13-6-7-16(17(12-13)22(24)25)20-14-4-2-1-3-5-14/h1-7,12,15,19-20H,8-11H2,(H,21,23). The smallest absolute Gasteiger partial charge is 0.293 e. The van der Waals surface area contributed by atoms with Gasteiger partial charge in [-0.2, -0.15) is 0 Å². The van der Waals surface area contributed by atoms with Crippen molar-refractivity contribution in [3.8, 4) is 0 Å². The number of nitro groups is 1. The van der Waals surface area contributed by atoms with Crippen LogP contribution in [0.5, 0.6) is 0 Å². The first-order valence-corrected chi connectivity index (χ1v) is 8.25. The molecule has 1 aliphatic heterocycles. The van der Waals surface area contributed by atoms with Crippen LogP contribution >= 0.6 is 0 Å². The third-order valence-corrected chi connectivity index (χ3v) is 4.18. The second kappa shape index (κ2) is 7.76. The van der Waals surface area contributed by atoms with Crippen LogP contribution in [0.2, 0.25) is 0 Å². The largest absolute Gasteiger partial charge is 0.350 e. The molecule has 7 heteroatoms. The maximum Gasteiger partial charge on any atom is 0.293 e. The normalized spacial score (nSPS) is 14.7. The van der Waals surface area contributed by atoms with Gasteiger partial charge in [-0.05, 0) is 50.2 Å². The molecule has 0 saturated carbocycles. The number of hydrogen-bond donors (Lipinski definition) is 3. The molecule has 1 heterocycles. The lowest BCUT2D eigenvalue weighted by atomic mass is 10.1. The molecular weight excluding hydrogens is 320 g/mol. The quantitative estimate of drug-likeness (QED) is 0.574. The maximum absolute atomic E-state index is 12.4. The molecule has 0 aliphatic carbocycles. The molecule has 1 saturated heterocycles. The van der Waals surface area contributed by atoms with Crippen molar-refractivity contribution in [1.29, 1.82) is 0 Å². The second-order valence-corrected chi connectivity index (χ2v) is 5.98. The molecule has 3 rings (SSSR count). The van der Waals surface area contributed by atoms with E-state index in [2.05, 4.69) is 16.0 Å². The van der Waals surface area contributed by atoms with Crippen LogP contribution in [-0.2, 0) is 0 Å². The SMILES string of the molecule is O=C(NC1CCNCC1)c1ccc(Nc2ccccc2)c([N+](=O)[O-])c1. The molecule has 0 unspecified atom stereocenters. The van der Waals surface area contributed by atoms with E-state index >= 15 is 0 Å². The van der Waals surface area contributed by atoms with Crippen molar-refractivity contribution in [2.45, 2.75) is 18.9 Å². The highest BCUT2D eigenvalue weighted by molar-refractivity contribution is 5.96. The van der Waals surface area contributed by atoms with E-state index in [0.717, 1.165) is 31.6 Å². The number of nitro benzene ring substituents is 1. The average Bonchev–Trinajstić information content (AvgIpc) is 2.63. The Kier molecular flexibility index (Phi) is 5.25. The van der Waals surface area contributed by atoms with Crippen LogP contribution < -0.4 is 16.0 Å². The van der Waals surface area contributed by atoms with E-state index in [0.29, 0.717) is 11.3 Å². The third-order valence-electron chi connectivity index (χ3n) is 4.18. The monoisotopic (exact) mass is 340 g/mol. The Labute approximate surface area is 145 Å². The molecule has 1 aliphatic rings. The summed E-state index contributed by atoms with van der Waals surface area (Å²) in [6, 6.07) is 13.8. The van der Waals surface area contributed by atoms with Crippen LogP contribution in [0, 0.1) is 10.1 Å². The van der Waals surface area contributed by atoms with Crippen LogP contribution in [0.3, 0.4) is 0 Å². The van der Waals surface area contributed by atoms with Crippen molar-refractivity contribution in [3.63, 3.8) is 0 Å². The van der Waals surface area contributed by atoms with Gasteiger partial charge >= 0.3 is 0 Å². The Morgan fingerprint density at radius 1 is 1.12 bits per heavy atom. The summed E-state index contributed by atoms with van der Waals surface area (Å²) in [5.41, 5.74) is 1.28. The molecule has 2 aromatic carbocycles. The van der Waals surface area contributed by atoms with Gasteiger partial charge in [-0.1, -0.05) is 18.2 Å². The van der Waals surface area contributed by atoms with Gasteiger partial charge in [-0.3, -0.25) is 14.9 Å². The summed E-state index contributed by atoms with van der Waals surface area (Å²) in [5, 5.41) is 20.6. The number of carbonyl (C=O) groups excluding carboxylic acids is 1. The summed E-state index contributed by atoms with van der Waals surface area (Å²) in [6.45, 7) is 1.73. The topological polar surface area (TPSA) is 96.3 Å². The van der Waals surface area contributed by atoms with E-state index in [1.807, 2.05) is 30.3 Å². The number of hydrogen-bond acceptors (Lipinski definition) is 5. The maximum atomic E-state index is 12.4. The van der Waals surface area contributed by atoms with E-state index < -0.39 is 4.92 Å². The molecule has 7 nitrogen and oxygen atoms in total. The van der Waals surface area contributed by atoms with E-state index in [4.69, 9.17) is 0 Å². The fraction of sp³-hybridized carbons (Fsp3) is 0.278. The van der Waals surface area contributed by atoms with Crippen LogP contribution in [0.4, 0.5) is 17.1 Å². The number of carbonyl (C=O) groups is 1. The summed E-state index contributed by atoms with van der Waals surface area (Å²) in [7, 11) is 0. The van der Waals surface area contributed by atoms with Crippen LogP contribution in [0.15, 0.2) is 48.5 Å². The first-order valence-electron chi connectivity index (χ1n) is 8.25. The molecule has 3 N–H and O–H groups in total. The number of piperidine rings is 1. The lowest BCUT2D eigenvalue weighted by Crippen LogP contribution is -2.42. The van der Waals surface area contributed by atoms with E-state index in [9.17, 15) is 14.9 Å². The van der Waals surface area contributed by atoms with Gasteiger partial charge in [0, 0.05) is 23.4 Å². The lowest BCUT2D eigenvalue weighted by molar-refractivity contribution is -0.383. The number of nitrogens with one attached hydrogen (secondary N) is 3. The van der Waals surface area contributed by atoms with E-state index in [1.165, 1.54) is 6.07 Å². The Morgan fingerprint density at radius 2 is 1.84 bits per heavy atom. The highest BCUT2D eigenvalue weighted by atomic mass is 16.6. The summed E-state index contributed by atoms with van der Waals surface area (Å²) in [5.74, 6) is -0.277. The van der Waals surface area contributed by atoms with Crippen molar-refractivity contribution < 1.29 is 9.72 Å². The van der Waals surface area contributed by atoms with Gasteiger partial charge in [0.15, 0.2) is 0 Å². The van der Waals surface area contributed by atoms with Crippen LogP contribution in [-0.4, -0.2) is 30.0 Å². The van der Waals surface area contributed by atoms with Crippen molar-refractivity contribution in [2.24, 2.45) is 0 Å². The molecule has 0 radical (unpaired) electrons. The molecule has 0 bridgehead atoms. The van der Waals surface area contributed by atoms with E-state index in [-0.39, 0.29) is 17.6 Å². The minimum Gasteiger partial charge on any atom is -0.350 e. The fourth-order valence-corrected chi connectivity index (χ4v) is 2.84. The number of rotatable bonds is 5. The van der Waals surface area contributed by atoms with E-state index in [1.54, 1.807) is 12.1 Å². The number of anilines is 2. The zero-order chi connectivity index (χ0) is 17.6. The molecule has 1 amide bonds. The number of nitrogens with zero attached hydrogens (tertiary/aromatic N) is 1. The highest BCUT2D eigenvalue weighted by Crippen LogP contribution is 2.28. The van der Waals surface area contributed by atoms with Gasteiger partial charge < -0.3 is 16.0 Å². The molecular formula is C18H20N4O3. The summed E-state index contributed by atoms with van der Waals surface area (Å²) >= 11 is 0. The zero-order valence-corrected chi connectivity index (χ0v) is 13.7. The summed E-state index contributed by atoms with van der Waals surface area (Å²) in [6.07, 6.45) is 1.73. The van der Waals surface area contributed by atoms with Crippen LogP contribution in [0.25, 0.3) is 0 Å². The number of amides is 1. The third kappa shape index (κ3) is 4.33. The van der Waals surface area contributed by atoms with Gasteiger partial charge in [0.05, 0.1) is 4.92 Å². The first-order chi connectivity index (χ1) is 12.1. The first kappa shape index (κ1) is 16.9. The predicted molar refractivity (Wildman–Crippen MR) is 96.2 cm³/mol. The molecule has 0 spiro atoms. The molecule has 2 aromatic rings. The highest BCUT2D eigenvalue weighted by Gasteiger charge is 2.20. The molecule has 1 fully saturated rings. The fourth-order valence-electron chi connectivity index (χ4n) is 2.84. The van der Waals surface area contributed by atoms with Crippen molar-refractivity contribution >= 4 is 23.0 Å². The Bertz CT molecular complexity index is 758. The zero-order valence-electron chi connectivity index (χ0n) is 13.7. The predicted octanol–water partition coefficient (Wildman–Crippen LogP) is 2.82. The van der Waals surface area contributed by atoms with Crippen molar-refractivity contribution in [3.05, 3.63) is 64.2 Å². The lowest BCUT2D eigenvalue weighted by Gasteiger charge is -2.23. The molecule has 25 heavy (non-hydrogen) atoms. The summed E-state index contributed by atoms with van der Waals surface area (Å²) < 4.78 is 0. The number of para-hydroxylation sites is 1. The summed E-state index contributed by atoms with van der Waals surface area (Å²) in [4.78, 5) is 23.3. The Balaban J connectivity index is 1.78. The Morgan fingerprint density at radius 3 is 2.52 bits per heavy atom. The van der Waals surface area contributed by atoms with Crippen molar-refractivity contribution in [2.75, 3.05) is 18.4 Å². The second-order valence-electron chi connectivity index (χ2n) is 5.98. The van der Waals surface area contributed by atoms with Gasteiger partial charge in [0.25, 0.3) is 11.6 Å². The van der Waals surface area contributed by atoms with Gasteiger partial charge in [-0.15, -0.1) is 0 Å². The minimum atomic E-state index is -0.480. The van der Waals surface area contributed by atoms with Gasteiger partial charge in [0.1, 0.15) is 5.69 Å². The van der Waals surface area contributed by atoms with Crippen LogP contribution in [0.1, 0.15) is 23.2 Å². The van der Waals surface area contributed by atoms with Crippen molar-refractivity contribution in [1.82, 2.24) is 10.6 Å². The average molecular weight is 340 g/mol. The minimum absolute atomic E-state index is 0.106. The van der Waals surface area contributed by atoms with Gasteiger partial charge in [-0.25, -0.2) is 0 Å².